The number of amides is 4. The summed E-state index contributed by atoms with van der Waals surface area (Å²) in [4.78, 5) is 34.9. The van der Waals surface area contributed by atoms with Gasteiger partial charge in [0.2, 0.25) is 5.91 Å². The molecular formula is C21H38N4O6S. The predicted octanol–water partition coefficient (Wildman–Crippen LogP) is 1.60. The third kappa shape index (κ3) is 8.84. The van der Waals surface area contributed by atoms with Gasteiger partial charge in [0.15, 0.2) is 9.84 Å². The lowest BCUT2D eigenvalue weighted by molar-refractivity contribution is -0.121. The van der Waals surface area contributed by atoms with E-state index in [0.29, 0.717) is 38.8 Å². The summed E-state index contributed by atoms with van der Waals surface area (Å²) in [5.41, 5.74) is -0.495. The molecule has 4 amide bonds. The van der Waals surface area contributed by atoms with E-state index in [0.717, 1.165) is 25.7 Å². The molecule has 0 aromatic carbocycles. The standard InChI is InChI=1S/C21H38N4O6S/c1-21(2,3)31-20(28)23-13-9-5-4-8-12-22-17(26)11-7-6-10-16-18-15(14-32(16,29)30)24-19(27)25-18/h15-16,18H,4-14H2,1-3H3,(H,22,26)(H,23,28)(H2,24,25,27)/t15-,16-,18-/m0/s1. The Morgan fingerprint density at radius 2 is 1.66 bits per heavy atom. The van der Waals surface area contributed by atoms with Crippen LogP contribution >= 0.6 is 0 Å². The first-order chi connectivity index (χ1) is 15.0. The lowest BCUT2D eigenvalue weighted by Crippen LogP contribution is -2.39. The number of fused-ring (bicyclic) bond motifs is 1. The third-order valence-electron chi connectivity index (χ3n) is 5.56. The molecule has 4 N–H and O–H groups in total. The molecule has 0 radical (unpaired) electrons. The first kappa shape index (κ1) is 26.2. The van der Waals surface area contributed by atoms with E-state index in [1.807, 2.05) is 20.8 Å². The number of alkyl carbamates (subject to hydrolysis) is 1. The summed E-state index contributed by atoms with van der Waals surface area (Å²) in [7, 11) is -3.22. The molecule has 0 aromatic rings. The van der Waals surface area contributed by atoms with E-state index < -0.39 is 26.8 Å². The lowest BCUT2D eigenvalue weighted by atomic mass is 10.0. The molecule has 2 fully saturated rings. The molecule has 2 rings (SSSR count). The topological polar surface area (TPSA) is 143 Å². The highest BCUT2D eigenvalue weighted by molar-refractivity contribution is 7.92. The molecule has 0 saturated carbocycles. The van der Waals surface area contributed by atoms with Crippen LogP contribution in [0.3, 0.4) is 0 Å². The van der Waals surface area contributed by atoms with Crippen LogP contribution in [0.4, 0.5) is 9.59 Å². The molecule has 10 nitrogen and oxygen atoms in total. The van der Waals surface area contributed by atoms with Crippen LogP contribution in [0.25, 0.3) is 0 Å². The van der Waals surface area contributed by atoms with Crippen molar-refractivity contribution in [3.8, 4) is 0 Å². The Bertz CT molecular complexity index is 765. The van der Waals surface area contributed by atoms with E-state index >= 15 is 0 Å². The maximum atomic E-state index is 12.3. The zero-order chi connectivity index (χ0) is 23.8. The molecule has 2 heterocycles. The van der Waals surface area contributed by atoms with Crippen molar-refractivity contribution in [3.05, 3.63) is 0 Å². The number of sulfone groups is 1. The minimum atomic E-state index is -3.22. The van der Waals surface area contributed by atoms with Crippen LogP contribution in [0.1, 0.15) is 72.1 Å². The Balaban J connectivity index is 1.46. The fourth-order valence-corrected chi connectivity index (χ4v) is 6.33. The molecule has 2 aliphatic rings. The Labute approximate surface area is 190 Å². The molecule has 32 heavy (non-hydrogen) atoms. The SMILES string of the molecule is CC(C)(C)OC(=O)NCCCCCCNC(=O)CCCC[C@H]1[C@H]2NC(=O)N[C@H]2CS1(=O)=O. The number of nitrogens with one attached hydrogen (secondary N) is 4. The molecule has 11 heteroatoms. The van der Waals surface area contributed by atoms with E-state index in [1.54, 1.807) is 0 Å². The van der Waals surface area contributed by atoms with Crippen LogP contribution < -0.4 is 21.3 Å². The maximum absolute atomic E-state index is 12.3. The van der Waals surface area contributed by atoms with Gasteiger partial charge in [-0.2, -0.15) is 0 Å². The molecule has 3 atom stereocenters. The number of carbonyl (C=O) groups excluding carboxylic acids is 3. The Hall–Kier alpha value is -2.04. The fraction of sp³-hybridized carbons (Fsp3) is 0.857. The highest BCUT2D eigenvalue weighted by Crippen LogP contribution is 2.28. The molecule has 0 bridgehead atoms. The number of unbranched alkanes of at least 4 members (excludes halogenated alkanes) is 4. The zero-order valence-electron chi connectivity index (χ0n) is 19.4. The molecule has 184 valence electrons. The van der Waals surface area contributed by atoms with Crippen molar-refractivity contribution in [2.24, 2.45) is 0 Å². The number of carbonyl (C=O) groups is 3. The lowest BCUT2D eigenvalue weighted by Gasteiger charge is -2.19. The van der Waals surface area contributed by atoms with Gasteiger partial charge in [-0.15, -0.1) is 0 Å². The minimum Gasteiger partial charge on any atom is -0.444 e. The molecule has 0 aliphatic carbocycles. The molecule has 0 aromatic heterocycles. The first-order valence-electron chi connectivity index (χ1n) is 11.5. The Kier molecular flexibility index (Phi) is 9.60. The van der Waals surface area contributed by atoms with Crippen molar-refractivity contribution in [1.82, 2.24) is 21.3 Å². The van der Waals surface area contributed by atoms with E-state index in [-0.39, 0.29) is 29.8 Å². The fourth-order valence-electron chi connectivity index (χ4n) is 4.06. The van der Waals surface area contributed by atoms with Gasteiger partial charge in [-0.3, -0.25) is 4.79 Å². The van der Waals surface area contributed by atoms with E-state index in [4.69, 9.17) is 4.74 Å². The van der Waals surface area contributed by atoms with Crippen LogP contribution in [0.5, 0.6) is 0 Å². The predicted molar refractivity (Wildman–Crippen MR) is 121 cm³/mol. The Morgan fingerprint density at radius 1 is 1.00 bits per heavy atom. The summed E-state index contributed by atoms with van der Waals surface area (Å²) in [6, 6.07) is -1.01. The zero-order valence-corrected chi connectivity index (χ0v) is 20.2. The van der Waals surface area contributed by atoms with E-state index in [9.17, 15) is 22.8 Å². The molecule has 0 unspecified atom stereocenters. The van der Waals surface area contributed by atoms with Crippen LogP contribution in [-0.2, 0) is 19.4 Å². The third-order valence-corrected chi connectivity index (χ3v) is 7.83. The minimum absolute atomic E-state index is 0.0153. The highest BCUT2D eigenvalue weighted by atomic mass is 32.2. The normalized spacial score (nSPS) is 23.7. The second-order valence-electron chi connectivity index (χ2n) is 9.56. The molecule has 2 saturated heterocycles. The molecule has 0 spiro atoms. The van der Waals surface area contributed by atoms with Gasteiger partial charge in [-0.25, -0.2) is 18.0 Å². The van der Waals surface area contributed by atoms with Crippen molar-refractivity contribution < 1.29 is 27.5 Å². The summed E-state index contributed by atoms with van der Waals surface area (Å²) in [5.74, 6) is -0.0434. The first-order valence-corrected chi connectivity index (χ1v) is 13.2. The second-order valence-corrected chi connectivity index (χ2v) is 11.8. The number of rotatable bonds is 12. The van der Waals surface area contributed by atoms with Gasteiger partial charge in [-0.05, 0) is 46.5 Å². The average Bonchev–Trinajstić information content (AvgIpc) is 3.11. The second kappa shape index (κ2) is 11.7. The number of ether oxygens (including phenoxy) is 1. The summed E-state index contributed by atoms with van der Waals surface area (Å²) in [6.45, 7) is 6.65. The van der Waals surface area contributed by atoms with Gasteiger partial charge in [0.05, 0.1) is 23.1 Å². The van der Waals surface area contributed by atoms with Gasteiger partial charge in [-0.1, -0.05) is 19.3 Å². The smallest absolute Gasteiger partial charge is 0.407 e. The van der Waals surface area contributed by atoms with Gasteiger partial charge in [0, 0.05) is 19.5 Å². The van der Waals surface area contributed by atoms with Crippen molar-refractivity contribution in [3.63, 3.8) is 0 Å². The maximum Gasteiger partial charge on any atom is 0.407 e. The number of hydrogen-bond acceptors (Lipinski definition) is 6. The summed E-state index contributed by atoms with van der Waals surface area (Å²) in [6.07, 6.45) is 5.30. The summed E-state index contributed by atoms with van der Waals surface area (Å²) < 4.78 is 29.7. The van der Waals surface area contributed by atoms with Gasteiger partial charge in [0.25, 0.3) is 0 Å². The summed E-state index contributed by atoms with van der Waals surface area (Å²) >= 11 is 0. The molecular weight excluding hydrogens is 436 g/mol. The molecule has 2 aliphatic heterocycles. The van der Waals surface area contributed by atoms with Crippen molar-refractivity contribution in [2.75, 3.05) is 18.8 Å². The van der Waals surface area contributed by atoms with Gasteiger partial charge < -0.3 is 26.0 Å². The monoisotopic (exact) mass is 474 g/mol. The van der Waals surface area contributed by atoms with E-state index in [1.165, 1.54) is 0 Å². The Morgan fingerprint density at radius 3 is 2.31 bits per heavy atom. The van der Waals surface area contributed by atoms with Crippen LogP contribution in [-0.4, -0.2) is 68.2 Å². The van der Waals surface area contributed by atoms with Crippen LogP contribution in [0, 0.1) is 0 Å². The number of urea groups is 1. The number of hydrogen-bond donors (Lipinski definition) is 4. The van der Waals surface area contributed by atoms with Gasteiger partial charge in [0.1, 0.15) is 5.60 Å². The van der Waals surface area contributed by atoms with Gasteiger partial charge >= 0.3 is 12.1 Å². The summed E-state index contributed by atoms with van der Waals surface area (Å²) in [5, 5.41) is 10.4. The van der Waals surface area contributed by atoms with Crippen molar-refractivity contribution in [1.29, 1.82) is 0 Å². The van der Waals surface area contributed by atoms with E-state index in [2.05, 4.69) is 21.3 Å². The van der Waals surface area contributed by atoms with Crippen LogP contribution in [0.15, 0.2) is 0 Å². The quantitative estimate of drug-likeness (QED) is 0.250. The average molecular weight is 475 g/mol. The van der Waals surface area contributed by atoms with Crippen molar-refractivity contribution in [2.45, 2.75) is 95.1 Å². The largest absolute Gasteiger partial charge is 0.444 e. The van der Waals surface area contributed by atoms with Crippen LogP contribution in [0.2, 0.25) is 0 Å². The van der Waals surface area contributed by atoms with Crippen molar-refractivity contribution >= 4 is 27.9 Å². The highest BCUT2D eigenvalue weighted by Gasteiger charge is 2.51.